The highest BCUT2D eigenvalue weighted by molar-refractivity contribution is 14.1. The Morgan fingerprint density at radius 2 is 2.24 bits per heavy atom. The maximum atomic E-state index is 11.4. The molecule has 0 saturated carbocycles. The molecule has 0 bridgehead atoms. The summed E-state index contributed by atoms with van der Waals surface area (Å²) in [4.78, 5) is 11.4. The van der Waals surface area contributed by atoms with E-state index in [1.807, 2.05) is 0 Å². The standard InChI is InChI=1S/C12H12INO3/c1-3-17-12(15)6-8-4-10(13)11(16-2)5-9(8)7-14/h4-5H,3,6H2,1-2H3. The second kappa shape index (κ2) is 6.45. The van der Waals surface area contributed by atoms with Crippen LogP contribution in [0.15, 0.2) is 12.1 Å². The molecule has 0 atom stereocenters. The summed E-state index contributed by atoms with van der Waals surface area (Å²) in [6, 6.07) is 5.46. The van der Waals surface area contributed by atoms with E-state index in [4.69, 9.17) is 14.7 Å². The van der Waals surface area contributed by atoms with Crippen molar-refractivity contribution in [2.24, 2.45) is 0 Å². The number of ether oxygens (including phenoxy) is 2. The fourth-order valence-electron chi connectivity index (χ4n) is 1.37. The van der Waals surface area contributed by atoms with Crippen LogP contribution >= 0.6 is 22.6 Å². The topological polar surface area (TPSA) is 59.3 Å². The number of esters is 1. The summed E-state index contributed by atoms with van der Waals surface area (Å²) in [5.41, 5.74) is 1.10. The Balaban J connectivity index is 3.03. The van der Waals surface area contributed by atoms with Gasteiger partial charge < -0.3 is 9.47 Å². The number of hydrogen-bond acceptors (Lipinski definition) is 4. The van der Waals surface area contributed by atoms with E-state index in [2.05, 4.69) is 28.7 Å². The second-order valence-electron chi connectivity index (χ2n) is 3.24. The molecule has 1 rings (SSSR count). The third kappa shape index (κ3) is 3.60. The van der Waals surface area contributed by atoms with Crippen LogP contribution in [-0.2, 0) is 16.0 Å². The lowest BCUT2D eigenvalue weighted by Crippen LogP contribution is -2.09. The molecule has 0 amide bonds. The average Bonchev–Trinajstić information content (AvgIpc) is 2.29. The van der Waals surface area contributed by atoms with Gasteiger partial charge >= 0.3 is 5.97 Å². The molecule has 4 nitrogen and oxygen atoms in total. The summed E-state index contributed by atoms with van der Waals surface area (Å²) in [5.74, 6) is 0.305. The van der Waals surface area contributed by atoms with Crippen molar-refractivity contribution < 1.29 is 14.3 Å². The maximum Gasteiger partial charge on any atom is 0.310 e. The molecule has 0 N–H and O–H groups in total. The van der Waals surface area contributed by atoms with E-state index in [9.17, 15) is 4.79 Å². The van der Waals surface area contributed by atoms with E-state index in [0.717, 1.165) is 3.57 Å². The van der Waals surface area contributed by atoms with Gasteiger partial charge in [0.15, 0.2) is 0 Å². The first-order valence-electron chi connectivity index (χ1n) is 5.04. The fraction of sp³-hybridized carbons (Fsp3) is 0.333. The Hall–Kier alpha value is -1.29. The van der Waals surface area contributed by atoms with Crippen molar-refractivity contribution in [3.8, 4) is 11.8 Å². The number of rotatable bonds is 4. The molecule has 1 aromatic rings. The van der Waals surface area contributed by atoms with Crippen LogP contribution in [0.1, 0.15) is 18.1 Å². The van der Waals surface area contributed by atoms with Crippen LogP contribution in [0.5, 0.6) is 5.75 Å². The van der Waals surface area contributed by atoms with Gasteiger partial charge in [-0.15, -0.1) is 0 Å². The zero-order chi connectivity index (χ0) is 12.8. The molecule has 0 aliphatic heterocycles. The third-order valence-corrected chi connectivity index (χ3v) is 2.98. The Kier molecular flexibility index (Phi) is 5.22. The quantitative estimate of drug-likeness (QED) is 0.621. The van der Waals surface area contributed by atoms with Crippen LogP contribution in [0.25, 0.3) is 0 Å². The first-order valence-corrected chi connectivity index (χ1v) is 6.12. The molecule has 0 aromatic heterocycles. The zero-order valence-corrected chi connectivity index (χ0v) is 11.8. The van der Waals surface area contributed by atoms with Crippen molar-refractivity contribution >= 4 is 28.6 Å². The van der Waals surface area contributed by atoms with Gasteiger partial charge in [0.25, 0.3) is 0 Å². The smallest absolute Gasteiger partial charge is 0.310 e. The van der Waals surface area contributed by atoms with Crippen LogP contribution < -0.4 is 4.74 Å². The number of benzene rings is 1. The molecular formula is C12H12INO3. The molecule has 0 saturated heterocycles. The van der Waals surface area contributed by atoms with E-state index in [0.29, 0.717) is 23.5 Å². The highest BCUT2D eigenvalue weighted by Gasteiger charge is 2.12. The third-order valence-electron chi connectivity index (χ3n) is 2.14. The number of hydrogen-bond donors (Lipinski definition) is 0. The predicted molar refractivity (Wildman–Crippen MR) is 70.8 cm³/mol. The highest BCUT2D eigenvalue weighted by atomic mass is 127. The lowest BCUT2D eigenvalue weighted by molar-refractivity contribution is -0.142. The second-order valence-corrected chi connectivity index (χ2v) is 4.40. The van der Waals surface area contributed by atoms with Crippen molar-refractivity contribution in [2.45, 2.75) is 13.3 Å². The van der Waals surface area contributed by atoms with Gasteiger partial charge in [0.2, 0.25) is 0 Å². The number of carbonyl (C=O) groups excluding carboxylic acids is 1. The molecule has 0 aliphatic rings. The minimum absolute atomic E-state index is 0.108. The van der Waals surface area contributed by atoms with E-state index in [-0.39, 0.29) is 12.4 Å². The van der Waals surface area contributed by atoms with Gasteiger partial charge in [-0.05, 0) is 47.2 Å². The fourth-order valence-corrected chi connectivity index (χ4v) is 2.12. The van der Waals surface area contributed by atoms with Gasteiger partial charge in [-0.3, -0.25) is 4.79 Å². The van der Waals surface area contributed by atoms with Gasteiger partial charge in [0, 0.05) is 0 Å². The Morgan fingerprint density at radius 3 is 2.76 bits per heavy atom. The van der Waals surface area contributed by atoms with E-state index in [1.54, 1.807) is 26.2 Å². The van der Waals surface area contributed by atoms with Crippen LogP contribution in [-0.4, -0.2) is 19.7 Å². The van der Waals surface area contributed by atoms with Crippen molar-refractivity contribution in [3.63, 3.8) is 0 Å². The number of nitriles is 1. The molecular weight excluding hydrogens is 333 g/mol. The highest BCUT2D eigenvalue weighted by Crippen LogP contribution is 2.25. The molecule has 0 spiro atoms. The molecule has 5 heteroatoms. The minimum Gasteiger partial charge on any atom is -0.496 e. The molecule has 17 heavy (non-hydrogen) atoms. The van der Waals surface area contributed by atoms with Gasteiger partial charge in [-0.25, -0.2) is 0 Å². The Labute approximate surface area is 114 Å². The van der Waals surface area contributed by atoms with Gasteiger partial charge in [-0.2, -0.15) is 5.26 Å². The lowest BCUT2D eigenvalue weighted by atomic mass is 10.1. The molecule has 0 radical (unpaired) electrons. The summed E-state index contributed by atoms with van der Waals surface area (Å²) in [7, 11) is 1.55. The molecule has 0 aliphatic carbocycles. The number of nitrogens with zero attached hydrogens (tertiary/aromatic N) is 1. The summed E-state index contributed by atoms with van der Waals surface area (Å²) < 4.78 is 10.8. The van der Waals surface area contributed by atoms with Crippen LogP contribution in [0.4, 0.5) is 0 Å². The molecule has 1 aromatic carbocycles. The van der Waals surface area contributed by atoms with E-state index in [1.165, 1.54) is 0 Å². The van der Waals surface area contributed by atoms with Gasteiger partial charge in [0.05, 0.1) is 35.3 Å². The van der Waals surface area contributed by atoms with Crippen LogP contribution in [0, 0.1) is 14.9 Å². The van der Waals surface area contributed by atoms with Gasteiger partial charge in [-0.1, -0.05) is 0 Å². The van der Waals surface area contributed by atoms with E-state index >= 15 is 0 Å². The summed E-state index contributed by atoms with van der Waals surface area (Å²) in [6.45, 7) is 2.09. The number of carbonyl (C=O) groups is 1. The van der Waals surface area contributed by atoms with E-state index < -0.39 is 0 Å². The predicted octanol–water partition coefficient (Wildman–Crippen LogP) is 2.28. The Bertz CT molecular complexity index is 466. The van der Waals surface area contributed by atoms with Crippen LogP contribution in [0.2, 0.25) is 0 Å². The average molecular weight is 345 g/mol. The first-order chi connectivity index (χ1) is 8.12. The van der Waals surface area contributed by atoms with Gasteiger partial charge in [0.1, 0.15) is 5.75 Å². The molecule has 90 valence electrons. The summed E-state index contributed by atoms with van der Waals surface area (Å²) >= 11 is 2.10. The van der Waals surface area contributed by atoms with Crippen molar-refractivity contribution in [1.82, 2.24) is 0 Å². The lowest BCUT2D eigenvalue weighted by Gasteiger charge is -2.08. The number of methoxy groups -OCH3 is 1. The molecule has 0 heterocycles. The van der Waals surface area contributed by atoms with Crippen molar-refractivity contribution in [2.75, 3.05) is 13.7 Å². The Morgan fingerprint density at radius 1 is 1.53 bits per heavy atom. The van der Waals surface area contributed by atoms with Crippen molar-refractivity contribution in [3.05, 3.63) is 26.8 Å². The number of halogens is 1. The largest absolute Gasteiger partial charge is 0.496 e. The van der Waals surface area contributed by atoms with Crippen LogP contribution in [0.3, 0.4) is 0 Å². The molecule has 0 unspecified atom stereocenters. The van der Waals surface area contributed by atoms with Crippen molar-refractivity contribution in [1.29, 1.82) is 5.26 Å². The minimum atomic E-state index is -0.329. The monoisotopic (exact) mass is 345 g/mol. The molecule has 0 fully saturated rings. The summed E-state index contributed by atoms with van der Waals surface area (Å²) in [5, 5.41) is 9.01. The normalized spacial score (nSPS) is 9.53. The summed E-state index contributed by atoms with van der Waals surface area (Å²) in [6.07, 6.45) is 0.108. The first kappa shape index (κ1) is 13.8. The maximum absolute atomic E-state index is 11.4. The zero-order valence-electron chi connectivity index (χ0n) is 9.62. The SMILES string of the molecule is CCOC(=O)Cc1cc(I)c(OC)cc1C#N.